The largest absolute Gasteiger partial charge is 0.399 e. The number of nitrogens with two attached hydrogens (primary N) is 1. The van der Waals surface area contributed by atoms with Gasteiger partial charge in [-0.05, 0) is 36.7 Å². The van der Waals surface area contributed by atoms with Crippen LogP contribution in [-0.2, 0) is 16.0 Å². The van der Waals surface area contributed by atoms with Gasteiger partial charge in [0.2, 0.25) is 0 Å². The number of ether oxygens (including phenoxy) is 2. The Morgan fingerprint density at radius 2 is 2.05 bits per heavy atom. The third-order valence-electron chi connectivity index (χ3n) is 3.70. The fourth-order valence-corrected chi connectivity index (χ4v) is 2.96. The Morgan fingerprint density at radius 3 is 2.79 bits per heavy atom. The number of nitrogen functional groups attached to an aromatic ring is 1. The van der Waals surface area contributed by atoms with Crippen molar-refractivity contribution < 1.29 is 13.9 Å². The molecule has 0 aromatic heterocycles. The van der Waals surface area contributed by atoms with Gasteiger partial charge in [0, 0.05) is 18.7 Å². The van der Waals surface area contributed by atoms with E-state index < -0.39 is 5.79 Å². The van der Waals surface area contributed by atoms with Crippen LogP contribution in [0.4, 0.5) is 10.1 Å². The van der Waals surface area contributed by atoms with Crippen molar-refractivity contribution in [3.63, 3.8) is 0 Å². The molecule has 2 aliphatic heterocycles. The molecule has 0 unspecified atom stereocenters. The molecule has 104 valence electrons. The molecule has 1 aromatic carbocycles. The molecule has 0 atom stereocenters. The molecule has 4 nitrogen and oxygen atoms in total. The van der Waals surface area contributed by atoms with Crippen LogP contribution in [0.1, 0.15) is 18.4 Å². The van der Waals surface area contributed by atoms with Crippen LogP contribution in [0.5, 0.6) is 0 Å². The van der Waals surface area contributed by atoms with E-state index in [1.807, 2.05) is 6.07 Å². The molecule has 1 spiro atoms. The highest BCUT2D eigenvalue weighted by atomic mass is 19.1. The average molecular weight is 266 g/mol. The Morgan fingerprint density at radius 1 is 1.26 bits per heavy atom. The van der Waals surface area contributed by atoms with E-state index in [-0.39, 0.29) is 5.82 Å². The second-order valence-electron chi connectivity index (χ2n) is 5.31. The van der Waals surface area contributed by atoms with E-state index in [1.165, 1.54) is 12.1 Å². The first-order valence-corrected chi connectivity index (χ1v) is 6.70. The van der Waals surface area contributed by atoms with Gasteiger partial charge in [0.25, 0.3) is 0 Å². The normalized spacial score (nSPS) is 23.0. The minimum atomic E-state index is -0.433. The summed E-state index contributed by atoms with van der Waals surface area (Å²) in [6.07, 6.45) is 1.97. The van der Waals surface area contributed by atoms with Crippen LogP contribution < -0.4 is 5.73 Å². The van der Waals surface area contributed by atoms with Crippen molar-refractivity contribution in [1.29, 1.82) is 0 Å². The number of piperidine rings is 1. The molecule has 2 heterocycles. The maximum atomic E-state index is 13.3. The van der Waals surface area contributed by atoms with Gasteiger partial charge in [-0.25, -0.2) is 4.39 Å². The van der Waals surface area contributed by atoms with Crippen molar-refractivity contribution in [2.45, 2.75) is 25.2 Å². The Bertz CT molecular complexity index is 441. The van der Waals surface area contributed by atoms with Crippen LogP contribution >= 0.6 is 0 Å². The Labute approximate surface area is 112 Å². The van der Waals surface area contributed by atoms with Crippen molar-refractivity contribution in [3.8, 4) is 0 Å². The maximum absolute atomic E-state index is 13.3. The summed E-state index contributed by atoms with van der Waals surface area (Å²) in [6.45, 7) is 3.73. The number of rotatable bonds is 2. The zero-order valence-corrected chi connectivity index (χ0v) is 10.9. The Balaban J connectivity index is 1.69. The van der Waals surface area contributed by atoms with E-state index in [0.717, 1.165) is 31.5 Å². The highest BCUT2D eigenvalue weighted by molar-refractivity contribution is 5.41. The lowest BCUT2D eigenvalue weighted by atomic mass is 10.0. The summed E-state index contributed by atoms with van der Waals surface area (Å²) in [7, 11) is 0. The molecule has 0 radical (unpaired) electrons. The molecule has 3 rings (SSSR count). The minimum absolute atomic E-state index is 0.282. The number of nitrogens with zero attached hydrogens (tertiary/aromatic N) is 1. The molecule has 0 saturated carbocycles. The topological polar surface area (TPSA) is 47.7 Å². The molecule has 1 aromatic rings. The zero-order chi connectivity index (χ0) is 13.3. The number of benzene rings is 1. The van der Waals surface area contributed by atoms with E-state index in [1.54, 1.807) is 0 Å². The van der Waals surface area contributed by atoms with Gasteiger partial charge in [-0.1, -0.05) is 0 Å². The van der Waals surface area contributed by atoms with Crippen LogP contribution in [0, 0.1) is 5.82 Å². The average Bonchev–Trinajstić information content (AvgIpc) is 2.76. The van der Waals surface area contributed by atoms with Gasteiger partial charge in [-0.15, -0.1) is 0 Å². The summed E-state index contributed by atoms with van der Waals surface area (Å²) in [5.74, 6) is -0.716. The molecular formula is C14H19FN2O2. The number of hydrogen-bond donors (Lipinski definition) is 1. The highest BCUT2D eigenvalue weighted by Gasteiger charge is 2.40. The van der Waals surface area contributed by atoms with Crippen molar-refractivity contribution in [1.82, 2.24) is 4.90 Å². The summed E-state index contributed by atoms with van der Waals surface area (Å²) < 4.78 is 24.8. The van der Waals surface area contributed by atoms with Crippen molar-refractivity contribution in [2.75, 3.05) is 32.0 Å². The standard InChI is InChI=1S/C14H19FN2O2/c15-12-6-11(7-13(16)8-12)9-17-3-1-2-14(10-17)18-4-5-19-14/h6-8H,1-5,9-10,16H2. The number of likely N-dealkylation sites (tertiary alicyclic amines) is 1. The maximum Gasteiger partial charge on any atom is 0.181 e. The second-order valence-corrected chi connectivity index (χ2v) is 5.31. The molecule has 0 amide bonds. The van der Waals surface area contributed by atoms with Crippen LogP contribution in [0.3, 0.4) is 0 Å². The Hall–Kier alpha value is -1.17. The van der Waals surface area contributed by atoms with E-state index in [4.69, 9.17) is 15.2 Å². The van der Waals surface area contributed by atoms with Crippen LogP contribution in [0.2, 0.25) is 0 Å². The van der Waals surface area contributed by atoms with Crippen LogP contribution in [0.15, 0.2) is 18.2 Å². The highest BCUT2D eigenvalue weighted by Crippen LogP contribution is 2.30. The summed E-state index contributed by atoms with van der Waals surface area (Å²) in [5.41, 5.74) is 7.04. The smallest absolute Gasteiger partial charge is 0.181 e. The molecule has 2 saturated heterocycles. The van der Waals surface area contributed by atoms with Crippen molar-refractivity contribution >= 4 is 5.69 Å². The summed E-state index contributed by atoms with van der Waals surface area (Å²) in [4.78, 5) is 2.24. The van der Waals surface area contributed by atoms with Crippen LogP contribution in [-0.4, -0.2) is 37.0 Å². The first kappa shape index (κ1) is 12.8. The van der Waals surface area contributed by atoms with Crippen molar-refractivity contribution in [2.24, 2.45) is 0 Å². The number of hydrogen-bond acceptors (Lipinski definition) is 4. The fourth-order valence-electron chi connectivity index (χ4n) is 2.96. The van der Waals surface area contributed by atoms with Gasteiger partial charge >= 0.3 is 0 Å². The molecular weight excluding hydrogens is 247 g/mol. The zero-order valence-electron chi connectivity index (χ0n) is 10.9. The van der Waals surface area contributed by atoms with E-state index in [0.29, 0.717) is 25.4 Å². The molecule has 2 aliphatic rings. The van der Waals surface area contributed by atoms with Gasteiger partial charge in [0.15, 0.2) is 5.79 Å². The molecule has 2 fully saturated rings. The van der Waals surface area contributed by atoms with E-state index >= 15 is 0 Å². The predicted octanol–water partition coefficient (Wildman–Crippen LogP) is 1.75. The third-order valence-corrected chi connectivity index (χ3v) is 3.70. The van der Waals surface area contributed by atoms with Crippen LogP contribution in [0.25, 0.3) is 0 Å². The summed E-state index contributed by atoms with van der Waals surface area (Å²) >= 11 is 0. The quantitative estimate of drug-likeness (QED) is 0.828. The van der Waals surface area contributed by atoms with Gasteiger partial charge in [0.05, 0.1) is 19.8 Å². The van der Waals surface area contributed by atoms with Gasteiger partial charge < -0.3 is 15.2 Å². The van der Waals surface area contributed by atoms with Crippen molar-refractivity contribution in [3.05, 3.63) is 29.6 Å². The lowest BCUT2D eigenvalue weighted by Crippen LogP contribution is -2.48. The van der Waals surface area contributed by atoms with Gasteiger partial charge in [-0.2, -0.15) is 0 Å². The molecule has 19 heavy (non-hydrogen) atoms. The summed E-state index contributed by atoms with van der Waals surface area (Å²) in [5, 5.41) is 0. The SMILES string of the molecule is Nc1cc(F)cc(CN2CCCC3(C2)OCCO3)c1. The minimum Gasteiger partial charge on any atom is -0.399 e. The number of anilines is 1. The van der Waals surface area contributed by atoms with Gasteiger partial charge in [-0.3, -0.25) is 4.90 Å². The molecule has 2 N–H and O–H groups in total. The lowest BCUT2D eigenvalue weighted by Gasteiger charge is -2.38. The van der Waals surface area contributed by atoms with Gasteiger partial charge in [0.1, 0.15) is 5.82 Å². The second kappa shape index (κ2) is 5.07. The number of halogens is 1. The third kappa shape index (κ3) is 2.88. The lowest BCUT2D eigenvalue weighted by molar-refractivity contribution is -0.190. The summed E-state index contributed by atoms with van der Waals surface area (Å²) in [6, 6.07) is 4.69. The molecule has 0 aliphatic carbocycles. The predicted molar refractivity (Wildman–Crippen MR) is 70.0 cm³/mol. The fraction of sp³-hybridized carbons (Fsp3) is 0.571. The first-order chi connectivity index (χ1) is 9.15. The first-order valence-electron chi connectivity index (χ1n) is 6.70. The molecule has 5 heteroatoms. The molecule has 0 bridgehead atoms. The van der Waals surface area contributed by atoms with E-state index in [9.17, 15) is 4.39 Å². The monoisotopic (exact) mass is 266 g/mol. The Kier molecular flexibility index (Phi) is 3.43. The van der Waals surface area contributed by atoms with E-state index in [2.05, 4.69) is 4.90 Å².